The summed E-state index contributed by atoms with van der Waals surface area (Å²) < 4.78 is 5.32. The average molecular weight is 283 g/mol. The van der Waals surface area contributed by atoms with Gasteiger partial charge >= 0.3 is 0 Å². The lowest BCUT2D eigenvalue weighted by molar-refractivity contribution is 0.414. The highest BCUT2D eigenvalue weighted by Gasteiger charge is 2.12. The van der Waals surface area contributed by atoms with E-state index in [1.807, 2.05) is 19.2 Å². The van der Waals surface area contributed by atoms with Crippen LogP contribution in [0, 0.1) is 0 Å². The first kappa shape index (κ1) is 15.6. The van der Waals surface area contributed by atoms with Gasteiger partial charge in [0.25, 0.3) is 0 Å². The van der Waals surface area contributed by atoms with Crippen LogP contribution in [0.1, 0.15) is 42.5 Å². The summed E-state index contributed by atoms with van der Waals surface area (Å²) in [6, 6.07) is 17.4. The highest BCUT2D eigenvalue weighted by Crippen LogP contribution is 2.25. The van der Waals surface area contributed by atoms with Crippen LogP contribution < -0.4 is 10.1 Å². The van der Waals surface area contributed by atoms with Gasteiger partial charge in [-0.25, -0.2) is 0 Å². The zero-order chi connectivity index (χ0) is 15.1. The van der Waals surface area contributed by atoms with Crippen molar-refractivity contribution in [1.29, 1.82) is 0 Å². The van der Waals surface area contributed by atoms with Crippen LogP contribution in [0.25, 0.3) is 0 Å². The number of benzene rings is 2. The summed E-state index contributed by atoms with van der Waals surface area (Å²) in [5.41, 5.74) is 3.92. The van der Waals surface area contributed by atoms with Crippen molar-refractivity contribution >= 4 is 0 Å². The second-order valence-corrected chi connectivity index (χ2v) is 5.34. The predicted molar refractivity (Wildman–Crippen MR) is 89.0 cm³/mol. The molecule has 2 aromatic carbocycles. The molecule has 0 aliphatic carbocycles. The van der Waals surface area contributed by atoms with E-state index in [0.717, 1.165) is 5.75 Å². The molecule has 0 fully saturated rings. The molecule has 0 spiro atoms. The van der Waals surface area contributed by atoms with Gasteiger partial charge < -0.3 is 10.1 Å². The summed E-state index contributed by atoms with van der Waals surface area (Å²) in [5, 5.41) is 3.39. The largest absolute Gasteiger partial charge is 0.497 e. The smallest absolute Gasteiger partial charge is 0.119 e. The van der Waals surface area contributed by atoms with Crippen molar-refractivity contribution in [1.82, 2.24) is 5.32 Å². The van der Waals surface area contributed by atoms with E-state index in [2.05, 4.69) is 48.6 Å². The molecule has 1 N–H and O–H groups in total. The Hall–Kier alpha value is -1.80. The molecule has 112 valence electrons. The minimum absolute atomic E-state index is 0.195. The first-order valence-corrected chi connectivity index (χ1v) is 7.68. The predicted octanol–water partition coefficient (Wildman–Crippen LogP) is 4.35. The monoisotopic (exact) mass is 283 g/mol. The average Bonchev–Trinajstić information content (AvgIpc) is 2.55. The van der Waals surface area contributed by atoms with Gasteiger partial charge in [-0.2, -0.15) is 0 Å². The van der Waals surface area contributed by atoms with Crippen LogP contribution in [-0.4, -0.2) is 14.2 Å². The minimum Gasteiger partial charge on any atom is -0.497 e. The first-order valence-electron chi connectivity index (χ1n) is 7.68. The summed E-state index contributed by atoms with van der Waals surface area (Å²) in [7, 11) is 3.70. The number of methoxy groups -OCH3 is 1. The Morgan fingerprint density at radius 3 is 2.43 bits per heavy atom. The van der Waals surface area contributed by atoms with E-state index < -0.39 is 0 Å². The van der Waals surface area contributed by atoms with Gasteiger partial charge in [0.2, 0.25) is 0 Å². The highest BCUT2D eigenvalue weighted by molar-refractivity contribution is 5.37. The molecule has 0 saturated heterocycles. The van der Waals surface area contributed by atoms with Gasteiger partial charge in [0.05, 0.1) is 13.2 Å². The van der Waals surface area contributed by atoms with Gasteiger partial charge in [-0.1, -0.05) is 49.7 Å². The Bertz CT molecular complexity index is 548. The van der Waals surface area contributed by atoms with Crippen LogP contribution in [0.3, 0.4) is 0 Å². The minimum atomic E-state index is 0.195. The molecular formula is C19H25NO. The molecule has 0 amide bonds. The molecule has 2 nitrogen and oxygen atoms in total. The molecule has 1 unspecified atom stereocenters. The normalized spacial score (nSPS) is 12.1. The lowest BCUT2D eigenvalue weighted by atomic mass is 9.97. The van der Waals surface area contributed by atoms with E-state index in [0.29, 0.717) is 0 Å². The van der Waals surface area contributed by atoms with Gasteiger partial charge in [-0.15, -0.1) is 0 Å². The molecule has 2 aromatic rings. The second-order valence-electron chi connectivity index (χ2n) is 5.34. The number of nitrogens with one attached hydrogen (secondary N) is 1. The Morgan fingerprint density at radius 1 is 1.05 bits per heavy atom. The third kappa shape index (κ3) is 4.08. The maximum absolute atomic E-state index is 5.32. The molecule has 0 aliphatic heterocycles. The van der Waals surface area contributed by atoms with Gasteiger partial charge in [0.1, 0.15) is 5.75 Å². The van der Waals surface area contributed by atoms with Crippen molar-refractivity contribution in [3.05, 3.63) is 65.2 Å². The lowest BCUT2D eigenvalue weighted by Gasteiger charge is -2.18. The SMILES string of the molecule is CCCCc1ccc(C(NC)c2cccc(OC)c2)cc1. The second kappa shape index (κ2) is 7.84. The molecule has 0 heterocycles. The maximum Gasteiger partial charge on any atom is 0.119 e. The van der Waals surface area contributed by atoms with Crippen molar-refractivity contribution in [3.63, 3.8) is 0 Å². The Morgan fingerprint density at radius 2 is 1.81 bits per heavy atom. The maximum atomic E-state index is 5.32. The van der Waals surface area contributed by atoms with Crippen LogP contribution in [-0.2, 0) is 6.42 Å². The van der Waals surface area contributed by atoms with E-state index in [1.165, 1.54) is 36.0 Å². The molecule has 0 bridgehead atoms. The molecule has 0 aliphatic rings. The van der Waals surface area contributed by atoms with E-state index >= 15 is 0 Å². The number of hydrogen-bond donors (Lipinski definition) is 1. The van der Waals surface area contributed by atoms with Crippen molar-refractivity contribution in [2.45, 2.75) is 32.2 Å². The van der Waals surface area contributed by atoms with E-state index in [9.17, 15) is 0 Å². The fraction of sp³-hybridized carbons (Fsp3) is 0.368. The number of hydrogen-bond acceptors (Lipinski definition) is 2. The Balaban J connectivity index is 2.20. The van der Waals surface area contributed by atoms with E-state index in [1.54, 1.807) is 7.11 Å². The topological polar surface area (TPSA) is 21.3 Å². The summed E-state index contributed by atoms with van der Waals surface area (Å²) in [6.07, 6.45) is 3.66. The van der Waals surface area contributed by atoms with Gasteiger partial charge in [0.15, 0.2) is 0 Å². The summed E-state index contributed by atoms with van der Waals surface area (Å²) in [6.45, 7) is 2.23. The summed E-state index contributed by atoms with van der Waals surface area (Å²) in [4.78, 5) is 0. The molecule has 2 heteroatoms. The standard InChI is InChI=1S/C19H25NO/c1-4-5-7-15-10-12-16(13-11-15)19(20-2)17-8-6-9-18(14-17)21-3/h6,8-14,19-20H,4-5,7H2,1-3H3. The number of rotatable bonds is 7. The summed E-state index contributed by atoms with van der Waals surface area (Å²) in [5.74, 6) is 0.896. The van der Waals surface area contributed by atoms with Crippen molar-refractivity contribution in [2.75, 3.05) is 14.2 Å². The van der Waals surface area contributed by atoms with Gasteiger partial charge in [-0.3, -0.25) is 0 Å². The third-order valence-corrected chi connectivity index (χ3v) is 3.85. The van der Waals surface area contributed by atoms with Crippen LogP contribution in [0.4, 0.5) is 0 Å². The van der Waals surface area contributed by atoms with Crippen molar-refractivity contribution < 1.29 is 4.74 Å². The van der Waals surface area contributed by atoms with Gasteiger partial charge in [0, 0.05) is 0 Å². The molecule has 0 radical (unpaired) electrons. The van der Waals surface area contributed by atoms with Crippen LogP contribution in [0.15, 0.2) is 48.5 Å². The molecule has 2 rings (SSSR count). The van der Waals surface area contributed by atoms with E-state index in [4.69, 9.17) is 4.74 Å². The molecular weight excluding hydrogens is 258 g/mol. The number of unbranched alkanes of at least 4 members (excludes halogenated alkanes) is 1. The van der Waals surface area contributed by atoms with Crippen molar-refractivity contribution in [2.24, 2.45) is 0 Å². The molecule has 0 aromatic heterocycles. The Labute approximate surface area is 128 Å². The molecule has 0 saturated carbocycles. The van der Waals surface area contributed by atoms with E-state index in [-0.39, 0.29) is 6.04 Å². The fourth-order valence-corrected chi connectivity index (χ4v) is 2.60. The third-order valence-electron chi connectivity index (χ3n) is 3.85. The molecule has 21 heavy (non-hydrogen) atoms. The highest BCUT2D eigenvalue weighted by atomic mass is 16.5. The zero-order valence-electron chi connectivity index (χ0n) is 13.2. The number of ether oxygens (including phenoxy) is 1. The first-order chi connectivity index (χ1) is 10.3. The summed E-state index contributed by atoms with van der Waals surface area (Å²) >= 11 is 0. The Kier molecular flexibility index (Phi) is 5.82. The van der Waals surface area contributed by atoms with Crippen LogP contribution >= 0.6 is 0 Å². The van der Waals surface area contributed by atoms with Crippen LogP contribution in [0.5, 0.6) is 5.75 Å². The molecule has 1 atom stereocenters. The van der Waals surface area contributed by atoms with Gasteiger partial charge in [-0.05, 0) is 48.7 Å². The lowest BCUT2D eigenvalue weighted by Crippen LogP contribution is -2.17. The van der Waals surface area contributed by atoms with Crippen LogP contribution in [0.2, 0.25) is 0 Å². The zero-order valence-corrected chi connectivity index (χ0v) is 13.2. The fourth-order valence-electron chi connectivity index (χ4n) is 2.60. The van der Waals surface area contributed by atoms with Crippen molar-refractivity contribution in [3.8, 4) is 5.75 Å². The quantitative estimate of drug-likeness (QED) is 0.816. The number of aryl methyl sites for hydroxylation is 1.